The molecule has 1 heterocycles. The van der Waals surface area contributed by atoms with Crippen molar-refractivity contribution in [3.8, 4) is 0 Å². The lowest BCUT2D eigenvalue weighted by Gasteiger charge is -2.15. The third-order valence-electron chi connectivity index (χ3n) is 3.07. The van der Waals surface area contributed by atoms with Gasteiger partial charge in [0.1, 0.15) is 5.82 Å². The largest absolute Gasteiger partial charge is 0.371 e. The summed E-state index contributed by atoms with van der Waals surface area (Å²) in [4.78, 5) is 15.9. The first kappa shape index (κ1) is 14.9. The molecule has 1 atom stereocenters. The smallest absolute Gasteiger partial charge is 0.254 e. The molecule has 2 rings (SSSR count). The molecule has 0 fully saturated rings. The van der Waals surface area contributed by atoms with Crippen molar-refractivity contribution < 1.29 is 13.6 Å². The van der Waals surface area contributed by atoms with Gasteiger partial charge in [0.15, 0.2) is 11.6 Å². The van der Waals surface area contributed by atoms with Crippen LogP contribution < -0.4 is 10.6 Å². The fourth-order valence-corrected chi connectivity index (χ4v) is 1.93. The molecule has 0 radical (unpaired) electrons. The topological polar surface area (TPSA) is 54.0 Å². The van der Waals surface area contributed by atoms with E-state index in [1.807, 2.05) is 0 Å². The fourth-order valence-electron chi connectivity index (χ4n) is 1.93. The van der Waals surface area contributed by atoms with Gasteiger partial charge in [-0.25, -0.2) is 13.8 Å². The molecule has 1 unspecified atom stereocenters. The minimum atomic E-state index is -0.719. The Kier molecular flexibility index (Phi) is 4.47. The van der Waals surface area contributed by atoms with Crippen molar-refractivity contribution in [3.05, 3.63) is 59.3 Å². The highest BCUT2D eigenvalue weighted by Gasteiger charge is 2.18. The zero-order chi connectivity index (χ0) is 15.4. The maximum atomic E-state index is 14.0. The molecule has 0 spiro atoms. The van der Waals surface area contributed by atoms with E-state index in [9.17, 15) is 13.6 Å². The number of benzene rings is 1. The first-order valence-corrected chi connectivity index (χ1v) is 6.41. The number of hydrogen-bond acceptors (Lipinski definition) is 3. The molecule has 21 heavy (non-hydrogen) atoms. The molecular formula is C15H15F2N3O. The molecule has 2 aromatic rings. The summed E-state index contributed by atoms with van der Waals surface area (Å²) >= 11 is 0. The number of amides is 1. The van der Waals surface area contributed by atoms with Gasteiger partial charge in [0.25, 0.3) is 5.91 Å². The summed E-state index contributed by atoms with van der Waals surface area (Å²) in [5.41, 5.74) is 0.490. The lowest BCUT2D eigenvalue weighted by Crippen LogP contribution is -2.27. The van der Waals surface area contributed by atoms with Crippen molar-refractivity contribution in [1.29, 1.82) is 0 Å². The van der Waals surface area contributed by atoms with Crippen LogP contribution in [-0.4, -0.2) is 17.9 Å². The molecule has 110 valence electrons. The van der Waals surface area contributed by atoms with Crippen molar-refractivity contribution in [1.82, 2.24) is 10.3 Å². The summed E-state index contributed by atoms with van der Waals surface area (Å²) in [5, 5.41) is 5.20. The van der Waals surface area contributed by atoms with Crippen molar-refractivity contribution >= 4 is 11.7 Å². The molecule has 0 saturated carbocycles. The van der Waals surface area contributed by atoms with E-state index in [2.05, 4.69) is 15.6 Å². The van der Waals surface area contributed by atoms with E-state index in [1.165, 1.54) is 31.4 Å². The Labute approximate surface area is 121 Å². The van der Waals surface area contributed by atoms with Gasteiger partial charge in [0.2, 0.25) is 0 Å². The van der Waals surface area contributed by atoms with Crippen LogP contribution >= 0.6 is 0 Å². The SMILES string of the molecule is CNc1nccc(C(=O)NC(C)c2cccc(F)c2)c1F. The average molecular weight is 291 g/mol. The molecule has 1 aromatic heterocycles. The van der Waals surface area contributed by atoms with Gasteiger partial charge in [-0.3, -0.25) is 4.79 Å². The zero-order valence-electron chi connectivity index (χ0n) is 11.7. The minimum absolute atomic E-state index is 0.000980. The molecule has 0 aliphatic carbocycles. The number of aromatic nitrogens is 1. The van der Waals surface area contributed by atoms with Crippen molar-refractivity contribution in [2.75, 3.05) is 12.4 Å². The number of nitrogens with zero attached hydrogens (tertiary/aromatic N) is 1. The van der Waals surface area contributed by atoms with E-state index >= 15 is 0 Å². The van der Waals surface area contributed by atoms with Crippen LogP contribution in [0.1, 0.15) is 28.9 Å². The number of hydrogen-bond donors (Lipinski definition) is 2. The second kappa shape index (κ2) is 6.30. The molecule has 0 aliphatic rings. The van der Waals surface area contributed by atoms with Crippen LogP contribution in [0.4, 0.5) is 14.6 Å². The Balaban J connectivity index is 2.18. The second-order valence-corrected chi connectivity index (χ2v) is 4.52. The highest BCUT2D eigenvalue weighted by Crippen LogP contribution is 2.17. The van der Waals surface area contributed by atoms with Crippen LogP contribution in [-0.2, 0) is 0 Å². The molecule has 0 bridgehead atoms. The predicted molar refractivity (Wildman–Crippen MR) is 76.0 cm³/mol. The van der Waals surface area contributed by atoms with E-state index in [4.69, 9.17) is 0 Å². The van der Waals surface area contributed by atoms with Crippen LogP contribution in [0.3, 0.4) is 0 Å². The van der Waals surface area contributed by atoms with Gasteiger partial charge in [-0.05, 0) is 30.7 Å². The van der Waals surface area contributed by atoms with Crippen molar-refractivity contribution in [2.24, 2.45) is 0 Å². The quantitative estimate of drug-likeness (QED) is 0.910. The van der Waals surface area contributed by atoms with Gasteiger partial charge in [-0.1, -0.05) is 12.1 Å². The van der Waals surface area contributed by atoms with E-state index in [0.717, 1.165) is 0 Å². The van der Waals surface area contributed by atoms with Gasteiger partial charge in [0, 0.05) is 13.2 Å². The van der Waals surface area contributed by atoms with Crippen LogP contribution in [0.15, 0.2) is 36.5 Å². The molecule has 6 heteroatoms. The minimum Gasteiger partial charge on any atom is -0.371 e. The summed E-state index contributed by atoms with van der Waals surface area (Å²) in [5.74, 6) is -1.69. The fraction of sp³-hybridized carbons (Fsp3) is 0.200. The summed E-state index contributed by atoms with van der Waals surface area (Å²) < 4.78 is 27.2. The number of rotatable bonds is 4. The molecule has 1 amide bonds. The van der Waals surface area contributed by atoms with Crippen molar-refractivity contribution in [2.45, 2.75) is 13.0 Å². The standard InChI is InChI=1S/C15H15F2N3O/c1-9(10-4-3-5-11(16)8-10)20-15(21)12-6-7-19-14(18-2)13(12)17/h3-9H,1-2H3,(H,18,19)(H,20,21). The monoisotopic (exact) mass is 291 g/mol. The molecule has 0 saturated heterocycles. The normalized spacial score (nSPS) is 11.8. The van der Waals surface area contributed by atoms with E-state index in [1.54, 1.807) is 19.1 Å². The van der Waals surface area contributed by atoms with E-state index in [0.29, 0.717) is 5.56 Å². The van der Waals surface area contributed by atoms with Gasteiger partial charge in [0.05, 0.1) is 11.6 Å². The lowest BCUT2D eigenvalue weighted by molar-refractivity contribution is 0.0935. The maximum Gasteiger partial charge on any atom is 0.254 e. The second-order valence-electron chi connectivity index (χ2n) is 4.52. The molecule has 4 nitrogen and oxygen atoms in total. The number of pyridine rings is 1. The van der Waals surface area contributed by atoms with Gasteiger partial charge in [-0.15, -0.1) is 0 Å². The lowest BCUT2D eigenvalue weighted by atomic mass is 10.1. The van der Waals surface area contributed by atoms with E-state index in [-0.39, 0.29) is 17.2 Å². The Bertz CT molecular complexity index is 661. The van der Waals surface area contributed by atoms with Crippen molar-refractivity contribution in [3.63, 3.8) is 0 Å². The molecule has 2 N–H and O–H groups in total. The van der Waals surface area contributed by atoms with Crippen LogP contribution in [0.25, 0.3) is 0 Å². The van der Waals surface area contributed by atoms with Gasteiger partial charge < -0.3 is 10.6 Å². The average Bonchev–Trinajstić information content (AvgIpc) is 2.47. The van der Waals surface area contributed by atoms with Gasteiger partial charge in [-0.2, -0.15) is 0 Å². The van der Waals surface area contributed by atoms with Crippen LogP contribution in [0.5, 0.6) is 0 Å². The predicted octanol–water partition coefficient (Wildman–Crippen LogP) is 2.89. The summed E-state index contributed by atoms with van der Waals surface area (Å²) in [6.07, 6.45) is 1.34. The van der Waals surface area contributed by atoms with Crippen LogP contribution in [0.2, 0.25) is 0 Å². The summed E-state index contributed by atoms with van der Waals surface area (Å²) in [7, 11) is 1.52. The Hall–Kier alpha value is -2.50. The summed E-state index contributed by atoms with van der Waals surface area (Å²) in [6.45, 7) is 1.70. The highest BCUT2D eigenvalue weighted by molar-refractivity contribution is 5.95. The number of nitrogens with one attached hydrogen (secondary N) is 2. The Morgan fingerprint density at radius 1 is 1.29 bits per heavy atom. The molecule has 0 aliphatic heterocycles. The van der Waals surface area contributed by atoms with Gasteiger partial charge >= 0.3 is 0 Å². The number of carbonyl (C=O) groups excluding carboxylic acids is 1. The molecular weight excluding hydrogens is 276 g/mol. The first-order valence-electron chi connectivity index (χ1n) is 6.41. The summed E-state index contributed by atoms with van der Waals surface area (Å²) in [6, 6.07) is 6.74. The third-order valence-corrected chi connectivity index (χ3v) is 3.07. The number of anilines is 1. The third kappa shape index (κ3) is 3.34. The number of halogens is 2. The van der Waals surface area contributed by atoms with E-state index < -0.39 is 17.8 Å². The Morgan fingerprint density at radius 2 is 2.05 bits per heavy atom. The zero-order valence-corrected chi connectivity index (χ0v) is 11.7. The Morgan fingerprint density at radius 3 is 2.71 bits per heavy atom. The highest BCUT2D eigenvalue weighted by atomic mass is 19.1. The first-order chi connectivity index (χ1) is 10.0. The number of carbonyl (C=O) groups is 1. The molecule has 1 aromatic carbocycles. The van der Waals surface area contributed by atoms with Crippen LogP contribution in [0, 0.1) is 11.6 Å². The maximum absolute atomic E-state index is 14.0.